The molecule has 0 unspecified atom stereocenters. The van der Waals surface area contributed by atoms with Gasteiger partial charge >= 0.3 is 0 Å². The molecule has 0 saturated carbocycles. The molecule has 1 aliphatic rings. The number of hydrogen-bond donors (Lipinski definition) is 0. The summed E-state index contributed by atoms with van der Waals surface area (Å²) in [5.74, 6) is 0. The molecule has 0 saturated heterocycles. The lowest BCUT2D eigenvalue weighted by molar-refractivity contribution is 0.656. The second kappa shape index (κ2) is 10.5. The second-order valence-corrected chi connectivity index (χ2v) is 9.88. The molecule has 0 nitrogen and oxygen atoms in total. The van der Waals surface area contributed by atoms with Gasteiger partial charge in [-0.2, -0.15) is 0 Å². The van der Waals surface area contributed by atoms with E-state index in [9.17, 15) is 0 Å². The van der Waals surface area contributed by atoms with Gasteiger partial charge in [0.15, 0.2) is 0 Å². The fourth-order valence-electron chi connectivity index (χ4n) is 5.62. The van der Waals surface area contributed by atoms with Crippen LogP contribution >= 0.6 is 0 Å². The molecule has 32 heavy (non-hydrogen) atoms. The molecule has 0 aliphatic heterocycles. The van der Waals surface area contributed by atoms with Gasteiger partial charge in [-0.05, 0) is 71.6 Å². The monoisotopic (exact) mass is 424 g/mol. The molecule has 168 valence electrons. The smallest absolute Gasteiger partial charge is 0.0435 e. The number of fused-ring (bicyclic) bond motifs is 3. The Morgan fingerprint density at radius 1 is 0.562 bits per heavy atom. The van der Waals surface area contributed by atoms with Crippen molar-refractivity contribution >= 4 is 0 Å². The first-order valence-electron chi connectivity index (χ1n) is 13.0. The van der Waals surface area contributed by atoms with Crippen LogP contribution in [0.25, 0.3) is 11.1 Å². The third-order valence-electron chi connectivity index (χ3n) is 7.49. The lowest BCUT2D eigenvalue weighted by Crippen LogP contribution is -2.23. The molecule has 0 aromatic heterocycles. The van der Waals surface area contributed by atoms with Gasteiger partial charge in [0.2, 0.25) is 0 Å². The zero-order valence-electron chi connectivity index (χ0n) is 20.4. The Bertz CT molecular complexity index is 950. The summed E-state index contributed by atoms with van der Waals surface area (Å²) in [5.41, 5.74) is 10.2. The van der Waals surface area contributed by atoms with Crippen LogP contribution in [0.3, 0.4) is 0 Å². The van der Waals surface area contributed by atoms with E-state index in [2.05, 4.69) is 87.5 Å². The zero-order valence-corrected chi connectivity index (χ0v) is 20.4. The average Bonchev–Trinajstić information content (AvgIpc) is 3.10. The van der Waals surface area contributed by atoms with Crippen LogP contribution in [-0.2, 0) is 18.3 Å². The molecule has 0 spiro atoms. The fourth-order valence-corrected chi connectivity index (χ4v) is 5.62. The molecule has 0 bridgehead atoms. The quantitative estimate of drug-likeness (QED) is 0.269. The van der Waals surface area contributed by atoms with Crippen molar-refractivity contribution in [3.8, 4) is 11.1 Å². The fraction of sp³-hybridized carbons (Fsp3) is 0.438. The highest BCUT2D eigenvalue weighted by molar-refractivity contribution is 5.83. The van der Waals surface area contributed by atoms with Gasteiger partial charge in [-0.25, -0.2) is 0 Å². The molecule has 0 fully saturated rings. The van der Waals surface area contributed by atoms with E-state index in [0.717, 1.165) is 0 Å². The van der Waals surface area contributed by atoms with Crippen LogP contribution in [0, 0.1) is 0 Å². The van der Waals surface area contributed by atoms with E-state index in [1.807, 2.05) is 0 Å². The molecule has 4 rings (SSSR count). The van der Waals surface area contributed by atoms with Crippen LogP contribution in [0.2, 0.25) is 0 Å². The second-order valence-electron chi connectivity index (χ2n) is 9.88. The molecule has 3 aromatic rings. The SMILES string of the molecule is CCCCCCc1cc(CCCCCC)cc(C2(C)c3ccccc3-c3ccccc32)c1. The Morgan fingerprint density at radius 2 is 1.03 bits per heavy atom. The average molecular weight is 425 g/mol. The van der Waals surface area contributed by atoms with Crippen LogP contribution in [0.5, 0.6) is 0 Å². The third-order valence-corrected chi connectivity index (χ3v) is 7.49. The van der Waals surface area contributed by atoms with E-state index < -0.39 is 0 Å². The molecule has 0 heterocycles. The summed E-state index contributed by atoms with van der Waals surface area (Å²) in [6.07, 6.45) is 13.0. The number of benzene rings is 3. The summed E-state index contributed by atoms with van der Waals surface area (Å²) in [6, 6.07) is 25.7. The van der Waals surface area contributed by atoms with Crippen molar-refractivity contribution < 1.29 is 0 Å². The number of hydrogen-bond acceptors (Lipinski definition) is 0. The first-order chi connectivity index (χ1) is 15.7. The van der Waals surface area contributed by atoms with Crippen molar-refractivity contribution in [1.82, 2.24) is 0 Å². The predicted molar refractivity (Wildman–Crippen MR) is 140 cm³/mol. The number of unbranched alkanes of at least 4 members (excludes halogenated alkanes) is 6. The molecular formula is C32H40. The van der Waals surface area contributed by atoms with Gasteiger partial charge in [-0.1, -0.05) is 119 Å². The van der Waals surface area contributed by atoms with E-state index in [-0.39, 0.29) is 5.41 Å². The minimum Gasteiger partial charge on any atom is -0.0654 e. The Balaban J connectivity index is 1.74. The molecular weight excluding hydrogens is 384 g/mol. The van der Waals surface area contributed by atoms with Gasteiger partial charge in [0, 0.05) is 5.41 Å². The summed E-state index contributed by atoms with van der Waals surface area (Å²) in [5, 5.41) is 0. The van der Waals surface area contributed by atoms with E-state index in [4.69, 9.17) is 0 Å². The third kappa shape index (κ3) is 4.56. The Kier molecular flexibility index (Phi) is 7.51. The minimum absolute atomic E-state index is 0.0786. The van der Waals surface area contributed by atoms with Crippen LogP contribution in [0.4, 0.5) is 0 Å². The lowest BCUT2D eigenvalue weighted by Gasteiger charge is -2.29. The van der Waals surface area contributed by atoms with Crippen LogP contribution in [-0.4, -0.2) is 0 Å². The number of rotatable bonds is 11. The van der Waals surface area contributed by atoms with Gasteiger partial charge in [0.25, 0.3) is 0 Å². The summed E-state index contributed by atoms with van der Waals surface area (Å²) >= 11 is 0. The lowest BCUT2D eigenvalue weighted by atomic mass is 9.73. The van der Waals surface area contributed by atoms with Crippen LogP contribution in [0.15, 0.2) is 66.7 Å². The largest absolute Gasteiger partial charge is 0.0654 e. The molecule has 0 radical (unpaired) electrons. The standard InChI is InChI=1S/C32H40/c1-4-6-8-10-16-25-22-26(17-11-9-7-5-2)24-27(23-25)32(3)30-20-14-12-18-28(30)29-19-13-15-21-31(29)32/h12-15,18-24H,4-11,16-17H2,1-3H3. The maximum atomic E-state index is 2.53. The van der Waals surface area contributed by atoms with Crippen molar-refractivity contribution in [3.05, 3.63) is 94.5 Å². The predicted octanol–water partition coefficient (Wildman–Crippen LogP) is 9.27. The first-order valence-corrected chi connectivity index (χ1v) is 13.0. The zero-order chi connectivity index (χ0) is 22.4. The Hall–Kier alpha value is -2.34. The van der Waals surface area contributed by atoms with Gasteiger partial charge in [0.05, 0.1) is 0 Å². The highest BCUT2D eigenvalue weighted by atomic mass is 14.4. The highest BCUT2D eigenvalue weighted by Gasteiger charge is 2.40. The van der Waals surface area contributed by atoms with E-state index in [1.54, 1.807) is 0 Å². The Morgan fingerprint density at radius 3 is 1.50 bits per heavy atom. The summed E-state index contributed by atoms with van der Waals surface area (Å²) in [6.45, 7) is 7.05. The maximum Gasteiger partial charge on any atom is 0.0435 e. The van der Waals surface area contributed by atoms with Crippen molar-refractivity contribution in [1.29, 1.82) is 0 Å². The summed E-state index contributed by atoms with van der Waals surface area (Å²) in [4.78, 5) is 0. The van der Waals surface area contributed by atoms with Crippen LogP contribution in [0.1, 0.15) is 100.0 Å². The first kappa shape index (κ1) is 22.8. The molecule has 0 amide bonds. The number of aryl methyl sites for hydroxylation is 2. The van der Waals surface area contributed by atoms with E-state index in [0.29, 0.717) is 0 Å². The maximum absolute atomic E-state index is 2.53. The highest BCUT2D eigenvalue weighted by Crippen LogP contribution is 2.52. The molecule has 0 atom stereocenters. The Labute approximate surface area is 196 Å². The molecule has 1 aliphatic carbocycles. The minimum atomic E-state index is -0.0786. The van der Waals surface area contributed by atoms with Gasteiger partial charge in [-0.15, -0.1) is 0 Å². The van der Waals surface area contributed by atoms with Crippen molar-refractivity contribution in [2.45, 2.75) is 90.4 Å². The van der Waals surface area contributed by atoms with E-state index >= 15 is 0 Å². The van der Waals surface area contributed by atoms with Crippen molar-refractivity contribution in [2.24, 2.45) is 0 Å². The topological polar surface area (TPSA) is 0 Å². The molecule has 0 heteroatoms. The summed E-state index contributed by atoms with van der Waals surface area (Å²) < 4.78 is 0. The van der Waals surface area contributed by atoms with Crippen molar-refractivity contribution in [3.63, 3.8) is 0 Å². The van der Waals surface area contributed by atoms with Gasteiger partial charge in [0.1, 0.15) is 0 Å². The van der Waals surface area contributed by atoms with Crippen molar-refractivity contribution in [2.75, 3.05) is 0 Å². The molecule has 0 N–H and O–H groups in total. The van der Waals surface area contributed by atoms with Crippen LogP contribution < -0.4 is 0 Å². The molecule has 3 aromatic carbocycles. The normalized spacial score (nSPS) is 13.7. The van der Waals surface area contributed by atoms with E-state index in [1.165, 1.54) is 103 Å². The van der Waals surface area contributed by atoms with Gasteiger partial charge in [-0.3, -0.25) is 0 Å². The van der Waals surface area contributed by atoms with Gasteiger partial charge < -0.3 is 0 Å². The summed E-state index contributed by atoms with van der Waals surface area (Å²) in [7, 11) is 0.